The molecule has 0 saturated carbocycles. The fourth-order valence-corrected chi connectivity index (χ4v) is 3.32. The van der Waals surface area contributed by atoms with Crippen LogP contribution in [-0.4, -0.2) is 56.9 Å². The molecule has 2 aromatic rings. The molecule has 2 aliphatic rings. The van der Waals surface area contributed by atoms with E-state index in [0.717, 1.165) is 5.69 Å². The lowest BCUT2D eigenvalue weighted by molar-refractivity contribution is -0.125. The number of cyclic esters (lactones) is 1. The highest BCUT2D eigenvalue weighted by atomic mass is 35.5. The van der Waals surface area contributed by atoms with Crippen molar-refractivity contribution in [2.45, 2.75) is 6.10 Å². The van der Waals surface area contributed by atoms with Crippen LogP contribution >= 0.6 is 11.6 Å². The van der Waals surface area contributed by atoms with Crippen LogP contribution in [0.5, 0.6) is 0 Å². The lowest BCUT2D eigenvalue weighted by atomic mass is 10.2. The van der Waals surface area contributed by atoms with Crippen LogP contribution in [0.15, 0.2) is 40.8 Å². The van der Waals surface area contributed by atoms with E-state index in [9.17, 15) is 14.4 Å². The number of carbonyl (C=O) groups excluding carboxylic acids is 3. The van der Waals surface area contributed by atoms with E-state index in [4.69, 9.17) is 25.5 Å². The summed E-state index contributed by atoms with van der Waals surface area (Å²) in [6.45, 7) is 1.47. The molecule has 1 aromatic heterocycles. The van der Waals surface area contributed by atoms with Gasteiger partial charge in [0.1, 0.15) is 12.7 Å². The van der Waals surface area contributed by atoms with Crippen molar-refractivity contribution in [3.05, 3.63) is 47.4 Å². The summed E-state index contributed by atoms with van der Waals surface area (Å²) in [6.07, 6.45) is -1.00. The quantitative estimate of drug-likeness (QED) is 0.796. The van der Waals surface area contributed by atoms with Gasteiger partial charge >= 0.3 is 6.09 Å². The van der Waals surface area contributed by atoms with Crippen molar-refractivity contribution >= 4 is 40.9 Å². The molecule has 0 unspecified atom stereocenters. The average Bonchev–Trinajstić information content (AvgIpc) is 3.32. The van der Waals surface area contributed by atoms with E-state index in [0.29, 0.717) is 18.8 Å². The molecule has 0 bridgehead atoms. The van der Waals surface area contributed by atoms with Gasteiger partial charge in [0.25, 0.3) is 11.8 Å². The molecule has 9 nitrogen and oxygen atoms in total. The zero-order valence-electron chi connectivity index (χ0n) is 15.3. The number of ether oxygens (including phenoxy) is 2. The third-order valence-electron chi connectivity index (χ3n) is 4.62. The van der Waals surface area contributed by atoms with Gasteiger partial charge in [-0.3, -0.25) is 14.5 Å². The molecule has 3 heterocycles. The topological polar surface area (TPSA) is 101 Å². The molecule has 2 aliphatic heterocycles. The fraction of sp³-hybridized carbons (Fsp3) is 0.316. The molecule has 2 saturated heterocycles. The van der Waals surface area contributed by atoms with E-state index in [-0.39, 0.29) is 36.6 Å². The molecule has 1 atom stereocenters. The maximum absolute atomic E-state index is 12.2. The fourth-order valence-electron chi connectivity index (χ4n) is 3.17. The Morgan fingerprint density at radius 1 is 1.10 bits per heavy atom. The van der Waals surface area contributed by atoms with E-state index in [1.807, 2.05) is 0 Å². The molecule has 0 spiro atoms. The monoisotopic (exact) mass is 419 g/mol. The van der Waals surface area contributed by atoms with Gasteiger partial charge in [0.15, 0.2) is 11.0 Å². The second-order valence-corrected chi connectivity index (χ2v) is 6.92. The minimum atomic E-state index is -0.502. The number of halogens is 1. The Labute approximate surface area is 171 Å². The first-order valence-electron chi connectivity index (χ1n) is 9.01. The third-order valence-corrected chi connectivity index (χ3v) is 4.82. The minimum absolute atomic E-state index is 0.0673. The number of furan rings is 1. The highest BCUT2D eigenvalue weighted by molar-refractivity contribution is 6.29. The lowest BCUT2D eigenvalue weighted by Gasteiger charge is -2.27. The summed E-state index contributed by atoms with van der Waals surface area (Å²) < 4.78 is 15.5. The number of benzene rings is 1. The van der Waals surface area contributed by atoms with E-state index in [2.05, 4.69) is 5.32 Å². The van der Waals surface area contributed by atoms with Gasteiger partial charge in [0.2, 0.25) is 0 Å². The van der Waals surface area contributed by atoms with Crippen LogP contribution in [0.2, 0.25) is 5.22 Å². The maximum atomic E-state index is 12.2. The number of hydrogen-bond donors (Lipinski definition) is 1. The van der Waals surface area contributed by atoms with Crippen molar-refractivity contribution in [3.8, 4) is 0 Å². The molecule has 0 aliphatic carbocycles. The molecule has 1 aromatic carbocycles. The molecule has 1 N–H and O–H groups in total. The Morgan fingerprint density at radius 2 is 1.83 bits per heavy atom. The lowest BCUT2D eigenvalue weighted by Crippen LogP contribution is -2.41. The van der Waals surface area contributed by atoms with Crippen molar-refractivity contribution < 1.29 is 28.3 Å². The van der Waals surface area contributed by atoms with E-state index >= 15 is 0 Å². The molecule has 29 heavy (non-hydrogen) atoms. The zero-order valence-corrected chi connectivity index (χ0v) is 16.1. The van der Waals surface area contributed by atoms with Gasteiger partial charge in [-0.25, -0.2) is 4.79 Å². The number of amides is 3. The number of anilines is 2. The summed E-state index contributed by atoms with van der Waals surface area (Å²) in [5.74, 6) is -0.450. The molecule has 4 rings (SSSR count). The van der Waals surface area contributed by atoms with E-state index in [1.54, 1.807) is 29.2 Å². The number of rotatable bonds is 5. The van der Waals surface area contributed by atoms with Gasteiger partial charge in [-0.15, -0.1) is 0 Å². The Kier molecular flexibility index (Phi) is 5.41. The predicted molar refractivity (Wildman–Crippen MR) is 103 cm³/mol. The summed E-state index contributed by atoms with van der Waals surface area (Å²) in [6, 6.07) is 10.0. The van der Waals surface area contributed by atoms with Crippen molar-refractivity contribution in [2.75, 3.05) is 42.6 Å². The SMILES string of the molecule is O=C(NC[C@H]1CN(c2ccc(N3CCOCC3=O)cc2)C(=O)O1)c1ccc(Cl)o1. The van der Waals surface area contributed by atoms with Crippen LogP contribution in [0, 0.1) is 0 Å². The Hall–Kier alpha value is -3.04. The highest BCUT2D eigenvalue weighted by Gasteiger charge is 2.33. The first-order chi connectivity index (χ1) is 14.0. The van der Waals surface area contributed by atoms with Crippen LogP contribution in [0.25, 0.3) is 0 Å². The van der Waals surface area contributed by atoms with Crippen molar-refractivity contribution in [3.63, 3.8) is 0 Å². The number of hydrogen-bond acceptors (Lipinski definition) is 6. The molecule has 2 fully saturated rings. The molecule has 3 amide bonds. The van der Waals surface area contributed by atoms with Crippen molar-refractivity contribution in [2.24, 2.45) is 0 Å². The summed E-state index contributed by atoms with van der Waals surface area (Å²) in [7, 11) is 0. The van der Waals surface area contributed by atoms with E-state index < -0.39 is 18.1 Å². The molecular weight excluding hydrogens is 402 g/mol. The summed E-state index contributed by atoms with van der Waals surface area (Å²) in [4.78, 5) is 39.3. The van der Waals surface area contributed by atoms with Crippen LogP contribution < -0.4 is 15.1 Å². The Balaban J connectivity index is 1.35. The highest BCUT2D eigenvalue weighted by Crippen LogP contribution is 2.25. The number of morpholine rings is 1. The largest absolute Gasteiger partial charge is 0.442 e. The standard InChI is InChI=1S/C19H18ClN3O6/c20-16-6-5-15(29-16)18(25)21-9-14-10-23(19(26)28-14)13-3-1-12(2-4-13)22-7-8-27-11-17(22)24/h1-6,14H,7-11H2,(H,21,25)/t14-/m0/s1. The van der Waals surface area contributed by atoms with Crippen LogP contribution in [-0.2, 0) is 14.3 Å². The second-order valence-electron chi connectivity index (χ2n) is 6.54. The molecule has 152 valence electrons. The predicted octanol–water partition coefficient (Wildman–Crippen LogP) is 2.05. The molecule has 10 heteroatoms. The molecular formula is C19H18ClN3O6. The number of nitrogens with one attached hydrogen (secondary N) is 1. The van der Waals surface area contributed by atoms with Crippen molar-refractivity contribution in [1.82, 2.24) is 5.32 Å². The average molecular weight is 420 g/mol. The summed E-state index contributed by atoms with van der Waals surface area (Å²) in [5, 5.41) is 2.77. The van der Waals surface area contributed by atoms with Crippen molar-refractivity contribution in [1.29, 1.82) is 0 Å². The normalized spacial score (nSPS) is 19.4. The van der Waals surface area contributed by atoms with Crippen LogP contribution in [0.4, 0.5) is 16.2 Å². The van der Waals surface area contributed by atoms with E-state index in [1.165, 1.54) is 17.0 Å². The minimum Gasteiger partial charge on any atom is -0.442 e. The first-order valence-corrected chi connectivity index (χ1v) is 9.39. The van der Waals surface area contributed by atoms with Crippen LogP contribution in [0.1, 0.15) is 10.6 Å². The van der Waals surface area contributed by atoms with Gasteiger partial charge in [0.05, 0.1) is 19.7 Å². The smallest absolute Gasteiger partial charge is 0.414 e. The number of carbonyl (C=O) groups is 3. The Morgan fingerprint density at radius 3 is 2.48 bits per heavy atom. The number of nitrogens with zero attached hydrogens (tertiary/aromatic N) is 2. The van der Waals surface area contributed by atoms with Gasteiger partial charge in [-0.05, 0) is 48.0 Å². The Bertz CT molecular complexity index is 928. The van der Waals surface area contributed by atoms with Gasteiger partial charge in [-0.1, -0.05) is 0 Å². The second kappa shape index (κ2) is 8.14. The first kappa shape index (κ1) is 19.3. The molecule has 0 radical (unpaired) electrons. The van der Waals surface area contributed by atoms with Gasteiger partial charge in [0, 0.05) is 17.9 Å². The van der Waals surface area contributed by atoms with Gasteiger partial charge < -0.3 is 24.1 Å². The zero-order chi connectivity index (χ0) is 20.4. The third kappa shape index (κ3) is 4.20. The van der Waals surface area contributed by atoms with Gasteiger partial charge in [-0.2, -0.15) is 0 Å². The summed E-state index contributed by atoms with van der Waals surface area (Å²) in [5.41, 5.74) is 1.39. The van der Waals surface area contributed by atoms with Crippen LogP contribution in [0.3, 0.4) is 0 Å². The maximum Gasteiger partial charge on any atom is 0.414 e. The summed E-state index contributed by atoms with van der Waals surface area (Å²) >= 11 is 5.66.